The van der Waals surface area contributed by atoms with Crippen molar-refractivity contribution in [1.82, 2.24) is 10.3 Å². The number of benzene rings is 1. The van der Waals surface area contributed by atoms with Crippen LogP contribution < -0.4 is 5.32 Å². The third kappa shape index (κ3) is 6.72. The van der Waals surface area contributed by atoms with Crippen LogP contribution in [0.2, 0.25) is 0 Å². The van der Waals surface area contributed by atoms with Gasteiger partial charge in [0.1, 0.15) is 5.92 Å². The maximum absolute atomic E-state index is 13.3. The molecule has 31 heavy (non-hydrogen) atoms. The molecule has 2 aromatic rings. The van der Waals surface area contributed by atoms with Gasteiger partial charge < -0.3 is 20.6 Å². The van der Waals surface area contributed by atoms with E-state index < -0.39 is 41.5 Å². The van der Waals surface area contributed by atoms with Crippen LogP contribution in [0.15, 0.2) is 30.5 Å². The van der Waals surface area contributed by atoms with Crippen LogP contribution in [0.1, 0.15) is 39.2 Å². The summed E-state index contributed by atoms with van der Waals surface area (Å²) in [5.74, 6) is -3.51. The van der Waals surface area contributed by atoms with Crippen LogP contribution in [-0.4, -0.2) is 51.6 Å². The highest BCUT2D eigenvalue weighted by Crippen LogP contribution is 2.22. The molecule has 164 valence electrons. The van der Waals surface area contributed by atoms with Crippen molar-refractivity contribution in [3.8, 4) is 0 Å². The van der Waals surface area contributed by atoms with Gasteiger partial charge in [0.05, 0.1) is 12.1 Å². The van der Waals surface area contributed by atoms with E-state index in [0.717, 1.165) is 16.5 Å². The third-order valence-electron chi connectivity index (χ3n) is 4.68. The van der Waals surface area contributed by atoms with Gasteiger partial charge in [-0.25, -0.2) is 0 Å². The molecule has 2 unspecified atom stereocenters. The Morgan fingerprint density at radius 2 is 1.94 bits per heavy atom. The zero-order valence-corrected chi connectivity index (χ0v) is 17.8. The fourth-order valence-corrected chi connectivity index (χ4v) is 3.34. The second kappa shape index (κ2) is 11.0. The van der Waals surface area contributed by atoms with Crippen molar-refractivity contribution in [2.75, 3.05) is 0 Å². The molecule has 1 aromatic carbocycles. The molecule has 2 rings (SSSR count). The number of nitrogens with zero attached hydrogens (tertiary/aromatic N) is 2. The van der Waals surface area contributed by atoms with Crippen molar-refractivity contribution in [3.63, 3.8) is 0 Å². The van der Waals surface area contributed by atoms with Gasteiger partial charge in [0.25, 0.3) is 0 Å². The molecule has 0 radical (unpaired) electrons. The summed E-state index contributed by atoms with van der Waals surface area (Å²) in [6, 6.07) is 6.55. The highest BCUT2D eigenvalue weighted by Gasteiger charge is 2.35. The Labute approximate surface area is 179 Å². The number of aromatic amines is 1. The Balaban J connectivity index is 2.31. The molecule has 0 spiro atoms. The molecule has 2 atom stereocenters. The molecule has 9 heteroatoms. The summed E-state index contributed by atoms with van der Waals surface area (Å²) in [4.78, 5) is 55.2. The van der Waals surface area contributed by atoms with Crippen LogP contribution in [0, 0.1) is 5.92 Å². The first kappa shape index (κ1) is 23.7. The quantitative estimate of drug-likeness (QED) is 0.186. The minimum Gasteiger partial charge on any atom is -0.462 e. The summed E-state index contributed by atoms with van der Waals surface area (Å²) >= 11 is 0. The van der Waals surface area contributed by atoms with Crippen LogP contribution >= 0.6 is 0 Å². The molecule has 1 heterocycles. The summed E-state index contributed by atoms with van der Waals surface area (Å²) in [6.07, 6.45) is 1.87. The number of carbonyl (C=O) groups excluding carboxylic acids is 4. The zero-order chi connectivity index (χ0) is 23.0. The number of aromatic nitrogens is 1. The van der Waals surface area contributed by atoms with Gasteiger partial charge in [-0.3, -0.25) is 19.2 Å². The number of hydrogen-bond acceptors (Lipinski definition) is 5. The van der Waals surface area contributed by atoms with E-state index in [2.05, 4.69) is 15.1 Å². The van der Waals surface area contributed by atoms with Crippen LogP contribution in [0.25, 0.3) is 16.4 Å². The molecule has 2 N–H and O–H groups in total. The van der Waals surface area contributed by atoms with Crippen molar-refractivity contribution >= 4 is 40.6 Å². The predicted molar refractivity (Wildman–Crippen MR) is 113 cm³/mol. The van der Waals surface area contributed by atoms with Crippen molar-refractivity contribution in [1.29, 1.82) is 0 Å². The second-order valence-corrected chi connectivity index (χ2v) is 7.51. The van der Waals surface area contributed by atoms with Crippen molar-refractivity contribution in [2.24, 2.45) is 5.92 Å². The Bertz CT molecular complexity index is 1020. The Morgan fingerprint density at radius 3 is 2.58 bits per heavy atom. The van der Waals surface area contributed by atoms with Gasteiger partial charge in [-0.1, -0.05) is 18.2 Å². The number of H-pyrrole nitrogens is 1. The molecule has 0 fully saturated rings. The van der Waals surface area contributed by atoms with Crippen molar-refractivity contribution < 1.29 is 28.7 Å². The summed E-state index contributed by atoms with van der Waals surface area (Å²) in [6.45, 7) is 4.60. The molecule has 0 aliphatic carbocycles. The molecular weight excluding hydrogens is 400 g/mol. The summed E-state index contributed by atoms with van der Waals surface area (Å²) < 4.78 is 5.21. The van der Waals surface area contributed by atoms with E-state index in [4.69, 9.17) is 10.3 Å². The number of nitrogens with one attached hydrogen (secondary N) is 2. The topological polar surface area (TPSA) is 142 Å². The van der Waals surface area contributed by atoms with Crippen LogP contribution in [0.5, 0.6) is 0 Å². The molecule has 0 aliphatic rings. The summed E-state index contributed by atoms with van der Waals surface area (Å²) in [5.41, 5.74) is 10.2. The molecule has 1 amide bonds. The molecule has 0 aliphatic heterocycles. The smallest absolute Gasteiger partial charge is 0.323 e. The fraction of sp³-hybridized carbons (Fsp3) is 0.409. The monoisotopic (exact) mass is 426 g/mol. The average Bonchev–Trinajstić information content (AvgIpc) is 3.10. The van der Waals surface area contributed by atoms with Gasteiger partial charge in [-0.15, -0.1) is 0 Å². The molecule has 0 saturated carbocycles. The van der Waals surface area contributed by atoms with Gasteiger partial charge in [-0.05, 0) is 31.9 Å². The van der Waals surface area contributed by atoms with Crippen LogP contribution in [-0.2, 0) is 30.3 Å². The van der Waals surface area contributed by atoms with Crippen LogP contribution in [0.3, 0.4) is 0 Å². The van der Waals surface area contributed by atoms with Gasteiger partial charge >= 0.3 is 12.2 Å². The number of rotatable bonds is 11. The number of ether oxygens (including phenoxy) is 1. The first-order chi connectivity index (χ1) is 14.7. The van der Waals surface area contributed by atoms with E-state index in [1.54, 1.807) is 20.0 Å². The Kier molecular flexibility index (Phi) is 8.40. The lowest BCUT2D eigenvalue weighted by Gasteiger charge is -2.22. The second-order valence-electron chi connectivity index (χ2n) is 7.51. The number of Topliss-reactive ketones (excluding diaryl/α,β-unsaturated/α-hetero) is 2. The lowest BCUT2D eigenvalue weighted by Crippen LogP contribution is -2.46. The number of carbonyl (C=O) groups is 4. The summed E-state index contributed by atoms with van der Waals surface area (Å²) in [5, 5.41) is 3.53. The first-order valence-corrected chi connectivity index (χ1v) is 9.99. The fourth-order valence-electron chi connectivity index (χ4n) is 3.34. The maximum Gasteiger partial charge on any atom is 0.323 e. The first-order valence-electron chi connectivity index (χ1n) is 9.99. The molecule has 9 nitrogen and oxygen atoms in total. The molecular formula is C22H26N4O5. The number of hydrogen-bond donors (Lipinski definition) is 2. The maximum atomic E-state index is 13.3. The molecule has 0 bridgehead atoms. The predicted octanol–water partition coefficient (Wildman–Crippen LogP) is 2.00. The standard InChI is InChI=1S/C22H26N4O5/c1-13(2)31-22(30)18(9-8-16(28)12-25-23)21(29)20(26-14(3)27)10-15-11-24-19-7-5-4-6-17(15)19/h4-7,11-13,18,20,24H,8-10H2,1-3H3,(H,26,27). The Hall–Kier alpha value is -3.58. The normalized spacial score (nSPS) is 12.6. The highest BCUT2D eigenvalue weighted by molar-refractivity contribution is 6.25. The van der Waals surface area contributed by atoms with E-state index >= 15 is 0 Å². The van der Waals surface area contributed by atoms with Gasteiger partial charge in [-0.2, -0.15) is 4.79 Å². The number of esters is 1. The lowest BCUT2D eigenvalue weighted by molar-refractivity contribution is -0.156. The zero-order valence-electron chi connectivity index (χ0n) is 17.8. The number of ketones is 2. The summed E-state index contributed by atoms with van der Waals surface area (Å²) in [7, 11) is 0. The molecule has 1 aromatic heterocycles. The number of amides is 1. The Morgan fingerprint density at radius 1 is 1.23 bits per heavy atom. The minimum absolute atomic E-state index is 0.126. The largest absolute Gasteiger partial charge is 0.462 e. The van der Waals surface area contributed by atoms with E-state index in [1.807, 2.05) is 24.3 Å². The van der Waals surface area contributed by atoms with Gasteiger partial charge in [0.2, 0.25) is 11.7 Å². The van der Waals surface area contributed by atoms with Crippen LogP contribution in [0.4, 0.5) is 0 Å². The minimum atomic E-state index is -1.25. The number of para-hydroxylation sites is 1. The van der Waals surface area contributed by atoms with E-state index in [0.29, 0.717) is 6.21 Å². The highest BCUT2D eigenvalue weighted by atomic mass is 16.5. The van der Waals surface area contributed by atoms with E-state index in [1.165, 1.54) is 6.92 Å². The SMILES string of the molecule is CC(=O)NC(Cc1c[nH]c2ccccc12)C(=O)C(CCC(=O)C=[N+]=[N-])C(=O)OC(C)C. The molecule has 0 saturated heterocycles. The number of fused-ring (bicyclic) bond motifs is 1. The third-order valence-corrected chi connectivity index (χ3v) is 4.68. The van der Waals surface area contributed by atoms with E-state index in [-0.39, 0.29) is 19.3 Å². The lowest BCUT2D eigenvalue weighted by atomic mass is 9.89. The average molecular weight is 426 g/mol. The van der Waals surface area contributed by atoms with Crippen molar-refractivity contribution in [2.45, 2.75) is 52.2 Å². The van der Waals surface area contributed by atoms with Gasteiger partial charge in [0, 0.05) is 36.9 Å². The van der Waals surface area contributed by atoms with Crippen molar-refractivity contribution in [3.05, 3.63) is 41.6 Å². The van der Waals surface area contributed by atoms with E-state index in [9.17, 15) is 19.2 Å². The van der Waals surface area contributed by atoms with Gasteiger partial charge in [0.15, 0.2) is 5.78 Å².